The molecule has 2 aromatic rings. The molecule has 0 radical (unpaired) electrons. The lowest BCUT2D eigenvalue weighted by Gasteiger charge is -2.39. The lowest BCUT2D eigenvalue weighted by atomic mass is 9.99. The first-order valence-corrected chi connectivity index (χ1v) is 8.17. The first kappa shape index (κ1) is 18.3. The van der Waals surface area contributed by atoms with Gasteiger partial charge < -0.3 is 29.9 Å². The molecule has 1 fully saturated rings. The van der Waals surface area contributed by atoms with E-state index >= 15 is 0 Å². The van der Waals surface area contributed by atoms with Gasteiger partial charge in [0.15, 0.2) is 0 Å². The zero-order valence-corrected chi connectivity index (χ0v) is 14.0. The van der Waals surface area contributed by atoms with Crippen LogP contribution in [0.4, 0.5) is 0 Å². The number of para-hydroxylation sites is 1. The smallest absolute Gasteiger partial charge is 0.335 e. The van der Waals surface area contributed by atoms with Crippen molar-refractivity contribution in [1.82, 2.24) is 0 Å². The lowest BCUT2D eigenvalue weighted by molar-refractivity contribution is -0.268. The number of aliphatic hydroxyl groups is 3. The number of benzene rings is 2. The highest BCUT2D eigenvalue weighted by molar-refractivity contribution is 5.89. The number of carboxylic acids is 1. The minimum atomic E-state index is -1.43. The summed E-state index contributed by atoms with van der Waals surface area (Å²) in [4.78, 5) is 11.2. The van der Waals surface area contributed by atoms with E-state index in [0.717, 1.165) is 0 Å². The zero-order chi connectivity index (χ0) is 18.8. The zero-order valence-electron chi connectivity index (χ0n) is 14.0. The molecule has 4 N–H and O–H groups in total. The molecule has 5 atom stereocenters. The van der Waals surface area contributed by atoms with Crippen molar-refractivity contribution in [2.75, 3.05) is 0 Å². The van der Waals surface area contributed by atoms with Crippen molar-refractivity contribution in [3.8, 4) is 16.9 Å². The minimum absolute atomic E-state index is 0.137. The number of ether oxygens (including phenoxy) is 2. The SMILES string of the molecule is C[C@@H]1O[C@@H](Oc2ccccc2-c2cccc(C(=O)O)c2)[C@@H](O)[C@H](O)[C@@H]1O. The van der Waals surface area contributed by atoms with Gasteiger partial charge in [-0.25, -0.2) is 4.79 Å². The molecule has 1 aliphatic heterocycles. The molecule has 1 heterocycles. The van der Waals surface area contributed by atoms with E-state index in [2.05, 4.69) is 0 Å². The van der Waals surface area contributed by atoms with Gasteiger partial charge in [-0.15, -0.1) is 0 Å². The maximum absolute atomic E-state index is 11.2. The maximum atomic E-state index is 11.2. The third-order valence-electron chi connectivity index (χ3n) is 4.36. The Balaban J connectivity index is 1.91. The highest BCUT2D eigenvalue weighted by atomic mass is 16.7. The van der Waals surface area contributed by atoms with Gasteiger partial charge in [0.25, 0.3) is 0 Å². The molecule has 0 aromatic heterocycles. The van der Waals surface area contributed by atoms with Crippen LogP contribution in [0.1, 0.15) is 17.3 Å². The van der Waals surface area contributed by atoms with Crippen molar-refractivity contribution >= 4 is 5.97 Å². The largest absolute Gasteiger partial charge is 0.478 e. The van der Waals surface area contributed by atoms with Gasteiger partial charge in [-0.1, -0.05) is 30.3 Å². The normalized spacial score (nSPS) is 28.5. The van der Waals surface area contributed by atoms with E-state index in [1.165, 1.54) is 12.1 Å². The van der Waals surface area contributed by atoms with Crippen LogP contribution in [-0.4, -0.2) is 57.1 Å². The monoisotopic (exact) mass is 360 g/mol. The van der Waals surface area contributed by atoms with Crippen LogP contribution in [0.3, 0.4) is 0 Å². The molecular formula is C19H20O7. The highest BCUT2D eigenvalue weighted by Crippen LogP contribution is 2.33. The second kappa shape index (κ2) is 7.43. The van der Waals surface area contributed by atoms with Crippen molar-refractivity contribution in [1.29, 1.82) is 0 Å². The third-order valence-corrected chi connectivity index (χ3v) is 4.36. The highest BCUT2D eigenvalue weighted by Gasteiger charge is 2.43. The number of hydrogen-bond acceptors (Lipinski definition) is 6. The molecule has 138 valence electrons. The number of carboxylic acid groups (broad SMARTS) is 1. The van der Waals surface area contributed by atoms with Crippen LogP contribution in [0.15, 0.2) is 48.5 Å². The summed E-state index contributed by atoms with van der Waals surface area (Å²) in [6.45, 7) is 1.57. The molecule has 0 saturated carbocycles. The summed E-state index contributed by atoms with van der Waals surface area (Å²) >= 11 is 0. The molecule has 0 aliphatic carbocycles. The standard InChI is InChI=1S/C19H20O7/c1-10-15(20)16(21)17(22)19(25-10)26-14-8-3-2-7-13(14)11-5-4-6-12(9-11)18(23)24/h2-10,15-17,19-22H,1H3,(H,23,24)/t10-,15+,16+,17-,19-/m0/s1. The molecule has 0 spiro atoms. The van der Waals surface area contributed by atoms with E-state index in [9.17, 15) is 20.1 Å². The molecule has 3 rings (SSSR count). The summed E-state index contributed by atoms with van der Waals surface area (Å²) in [6, 6.07) is 13.3. The van der Waals surface area contributed by atoms with Crippen LogP contribution < -0.4 is 4.74 Å². The Labute approximate surface area is 150 Å². The van der Waals surface area contributed by atoms with E-state index < -0.39 is 36.7 Å². The van der Waals surface area contributed by atoms with Crippen LogP contribution in [0.2, 0.25) is 0 Å². The molecule has 7 heteroatoms. The molecule has 0 unspecified atom stereocenters. The topological polar surface area (TPSA) is 116 Å². The van der Waals surface area contributed by atoms with Crippen molar-refractivity contribution in [2.45, 2.75) is 37.6 Å². The van der Waals surface area contributed by atoms with Crippen molar-refractivity contribution < 1.29 is 34.7 Å². The Morgan fingerprint density at radius 3 is 2.46 bits per heavy atom. The Kier molecular flexibility index (Phi) is 5.24. The fraction of sp³-hybridized carbons (Fsp3) is 0.316. The number of aliphatic hydroxyl groups excluding tert-OH is 3. The second-order valence-electron chi connectivity index (χ2n) is 6.18. The van der Waals surface area contributed by atoms with E-state index in [1.807, 2.05) is 0 Å². The predicted molar refractivity (Wildman–Crippen MR) is 91.8 cm³/mol. The summed E-state index contributed by atoms with van der Waals surface area (Å²) in [6.07, 6.45) is -5.94. The fourth-order valence-electron chi connectivity index (χ4n) is 2.86. The van der Waals surface area contributed by atoms with Crippen molar-refractivity contribution in [3.63, 3.8) is 0 Å². The lowest BCUT2D eigenvalue weighted by Crippen LogP contribution is -2.58. The number of carbonyl (C=O) groups is 1. The molecule has 1 saturated heterocycles. The second-order valence-corrected chi connectivity index (χ2v) is 6.18. The van der Waals surface area contributed by atoms with Gasteiger partial charge in [-0.2, -0.15) is 0 Å². The molecule has 26 heavy (non-hydrogen) atoms. The molecule has 0 bridgehead atoms. The Hall–Kier alpha value is -2.45. The van der Waals surface area contributed by atoms with Crippen LogP contribution in [0.5, 0.6) is 5.75 Å². The van der Waals surface area contributed by atoms with Gasteiger partial charge in [0, 0.05) is 5.56 Å². The van der Waals surface area contributed by atoms with E-state index in [1.54, 1.807) is 43.3 Å². The van der Waals surface area contributed by atoms with Gasteiger partial charge in [-0.05, 0) is 30.7 Å². The Bertz CT molecular complexity index is 791. The first-order chi connectivity index (χ1) is 12.4. The summed E-state index contributed by atoms with van der Waals surface area (Å²) in [5.74, 6) is -0.683. The summed E-state index contributed by atoms with van der Waals surface area (Å²) < 4.78 is 11.2. The van der Waals surface area contributed by atoms with Crippen molar-refractivity contribution in [3.05, 3.63) is 54.1 Å². The third kappa shape index (κ3) is 3.56. The average molecular weight is 360 g/mol. The number of hydrogen-bond donors (Lipinski definition) is 4. The molecular weight excluding hydrogens is 340 g/mol. The minimum Gasteiger partial charge on any atom is -0.478 e. The van der Waals surface area contributed by atoms with Crippen LogP contribution in [-0.2, 0) is 4.74 Å². The number of rotatable bonds is 4. The summed E-state index contributed by atoms with van der Waals surface area (Å²) in [5, 5.41) is 39.0. The van der Waals surface area contributed by atoms with E-state index in [0.29, 0.717) is 16.9 Å². The number of aromatic carboxylic acids is 1. The molecule has 7 nitrogen and oxygen atoms in total. The summed E-state index contributed by atoms with van der Waals surface area (Å²) in [5.41, 5.74) is 1.37. The van der Waals surface area contributed by atoms with Crippen molar-refractivity contribution in [2.24, 2.45) is 0 Å². The molecule has 2 aromatic carbocycles. The van der Waals surface area contributed by atoms with E-state index in [4.69, 9.17) is 14.6 Å². The maximum Gasteiger partial charge on any atom is 0.335 e. The van der Waals surface area contributed by atoms with Gasteiger partial charge >= 0.3 is 5.97 Å². The van der Waals surface area contributed by atoms with Crippen LogP contribution in [0, 0.1) is 0 Å². The van der Waals surface area contributed by atoms with Gasteiger partial charge in [-0.3, -0.25) is 0 Å². The van der Waals surface area contributed by atoms with Gasteiger partial charge in [0.1, 0.15) is 24.1 Å². The predicted octanol–water partition coefficient (Wildman–Crippen LogP) is 1.26. The fourth-order valence-corrected chi connectivity index (χ4v) is 2.86. The Morgan fingerprint density at radius 1 is 1.00 bits per heavy atom. The van der Waals surface area contributed by atoms with Crippen LogP contribution >= 0.6 is 0 Å². The van der Waals surface area contributed by atoms with E-state index in [-0.39, 0.29) is 5.56 Å². The van der Waals surface area contributed by atoms with Gasteiger partial charge in [0.05, 0.1) is 11.7 Å². The Morgan fingerprint density at radius 2 is 1.73 bits per heavy atom. The first-order valence-electron chi connectivity index (χ1n) is 8.17. The summed E-state index contributed by atoms with van der Waals surface area (Å²) in [7, 11) is 0. The van der Waals surface area contributed by atoms with Crippen LogP contribution in [0.25, 0.3) is 11.1 Å². The molecule has 0 amide bonds. The molecule has 1 aliphatic rings. The average Bonchev–Trinajstić information content (AvgIpc) is 2.65. The quantitative estimate of drug-likeness (QED) is 0.648. The van der Waals surface area contributed by atoms with Gasteiger partial charge in [0.2, 0.25) is 6.29 Å².